The number of nitrogens with one attached hydrogen (secondary N) is 1. The predicted molar refractivity (Wildman–Crippen MR) is 75.0 cm³/mol. The molecule has 0 aromatic heterocycles. The van der Waals surface area contributed by atoms with E-state index in [0.29, 0.717) is 0 Å². The summed E-state index contributed by atoms with van der Waals surface area (Å²) in [6, 6.07) is 6.25. The quantitative estimate of drug-likeness (QED) is 0.909. The van der Waals surface area contributed by atoms with Crippen LogP contribution in [0.2, 0.25) is 0 Å². The van der Waals surface area contributed by atoms with Gasteiger partial charge in [0.15, 0.2) is 0 Å². The first-order chi connectivity index (χ1) is 9.93. The third-order valence-electron chi connectivity index (χ3n) is 3.80. The number of carbonyl (C=O) groups is 1. The molecule has 116 valence electrons. The highest BCUT2D eigenvalue weighted by Gasteiger charge is 2.39. The lowest BCUT2D eigenvalue weighted by Crippen LogP contribution is -2.37. The summed E-state index contributed by atoms with van der Waals surface area (Å²) in [6.45, 7) is 3.02. The van der Waals surface area contributed by atoms with Gasteiger partial charge in [-0.05, 0) is 38.0 Å². The van der Waals surface area contributed by atoms with Gasteiger partial charge in [-0.2, -0.15) is 8.78 Å². The third kappa shape index (κ3) is 3.32. The lowest BCUT2D eigenvalue weighted by Gasteiger charge is -2.30. The van der Waals surface area contributed by atoms with E-state index >= 15 is 0 Å². The number of nitrogens with zero attached hydrogens (tertiary/aromatic N) is 1. The van der Waals surface area contributed by atoms with Crippen LogP contribution in [0.5, 0.6) is 5.75 Å². The second kappa shape index (κ2) is 6.39. The fourth-order valence-electron chi connectivity index (χ4n) is 2.50. The Balaban J connectivity index is 2.21. The molecule has 1 heterocycles. The molecule has 4 nitrogen and oxygen atoms in total. The lowest BCUT2D eigenvalue weighted by atomic mass is 10.1. The molecule has 0 spiro atoms. The minimum atomic E-state index is -2.83. The monoisotopic (exact) mass is 298 g/mol. The van der Waals surface area contributed by atoms with Crippen molar-refractivity contribution in [3.05, 3.63) is 29.8 Å². The fraction of sp³-hybridized carbons (Fsp3) is 0.533. The number of hydrogen-bond donors (Lipinski definition) is 1. The van der Waals surface area contributed by atoms with Gasteiger partial charge in [-0.15, -0.1) is 0 Å². The molecule has 21 heavy (non-hydrogen) atoms. The van der Waals surface area contributed by atoms with E-state index in [1.165, 1.54) is 12.1 Å². The Morgan fingerprint density at radius 1 is 1.33 bits per heavy atom. The molecule has 1 fully saturated rings. The van der Waals surface area contributed by atoms with Gasteiger partial charge in [0.1, 0.15) is 11.9 Å². The predicted octanol–water partition coefficient (Wildman–Crippen LogP) is 2.91. The molecule has 1 saturated heterocycles. The lowest BCUT2D eigenvalue weighted by molar-refractivity contribution is -0.131. The Morgan fingerprint density at radius 3 is 2.48 bits per heavy atom. The zero-order valence-electron chi connectivity index (χ0n) is 12.3. The van der Waals surface area contributed by atoms with Gasteiger partial charge >= 0.3 is 6.61 Å². The average Bonchev–Trinajstić information content (AvgIpc) is 2.74. The molecule has 0 bridgehead atoms. The first-order valence-corrected chi connectivity index (χ1v) is 7.07. The molecule has 0 aliphatic carbocycles. The molecule has 1 N–H and O–H groups in total. The zero-order valence-corrected chi connectivity index (χ0v) is 12.3. The third-order valence-corrected chi connectivity index (χ3v) is 3.80. The van der Waals surface area contributed by atoms with Gasteiger partial charge < -0.3 is 9.64 Å². The molecule has 6 heteroatoms. The van der Waals surface area contributed by atoms with Crippen LogP contribution >= 0.6 is 0 Å². The molecule has 3 atom stereocenters. The highest BCUT2D eigenvalue weighted by atomic mass is 19.3. The largest absolute Gasteiger partial charge is 0.435 e. The van der Waals surface area contributed by atoms with Gasteiger partial charge in [0.25, 0.3) is 0 Å². The highest BCUT2D eigenvalue weighted by molar-refractivity contribution is 5.84. The van der Waals surface area contributed by atoms with Gasteiger partial charge in [-0.3, -0.25) is 10.1 Å². The maximum absolute atomic E-state index is 12.2. The van der Waals surface area contributed by atoms with E-state index in [9.17, 15) is 13.6 Å². The summed E-state index contributed by atoms with van der Waals surface area (Å²) in [5.74, 6) is 0.170. The van der Waals surface area contributed by atoms with Crippen molar-refractivity contribution in [2.24, 2.45) is 0 Å². The van der Waals surface area contributed by atoms with Crippen molar-refractivity contribution in [1.29, 1.82) is 0 Å². The maximum atomic E-state index is 12.2. The van der Waals surface area contributed by atoms with Crippen molar-refractivity contribution >= 4 is 5.91 Å². The van der Waals surface area contributed by atoms with Crippen molar-refractivity contribution in [2.75, 3.05) is 0 Å². The van der Waals surface area contributed by atoms with E-state index in [1.54, 1.807) is 12.1 Å². The number of benzene rings is 1. The smallest absolute Gasteiger partial charge is 0.387 e. The molecule has 2 rings (SSSR count). The summed E-state index contributed by atoms with van der Waals surface area (Å²) in [5.41, 5.74) is 0.856. The second-order valence-corrected chi connectivity index (χ2v) is 5.24. The van der Waals surface area contributed by atoms with E-state index in [4.69, 9.17) is 0 Å². The van der Waals surface area contributed by atoms with E-state index < -0.39 is 6.61 Å². The first-order valence-electron chi connectivity index (χ1n) is 7.07. The van der Waals surface area contributed by atoms with Crippen LogP contribution in [0.4, 0.5) is 8.78 Å². The molecule has 1 amide bonds. The van der Waals surface area contributed by atoms with Gasteiger partial charge in [-0.1, -0.05) is 19.1 Å². The van der Waals surface area contributed by atoms with Crippen LogP contribution in [-0.2, 0) is 4.79 Å². The Labute approximate surface area is 123 Å². The van der Waals surface area contributed by atoms with Crippen LogP contribution in [0.25, 0.3) is 0 Å². The van der Waals surface area contributed by atoms with E-state index in [0.717, 1.165) is 12.0 Å². The van der Waals surface area contributed by atoms with Crippen LogP contribution in [0.3, 0.4) is 0 Å². The van der Waals surface area contributed by atoms with Crippen LogP contribution < -0.4 is 10.1 Å². The number of amides is 1. The summed E-state index contributed by atoms with van der Waals surface area (Å²) in [5, 5.41) is 3.23. The van der Waals surface area contributed by atoms with Crippen molar-refractivity contribution < 1.29 is 18.3 Å². The minimum absolute atomic E-state index is 0.0576. The van der Waals surface area contributed by atoms with Crippen molar-refractivity contribution in [2.45, 2.75) is 52.1 Å². The highest BCUT2D eigenvalue weighted by Crippen LogP contribution is 2.29. The van der Waals surface area contributed by atoms with E-state index in [-0.39, 0.29) is 29.9 Å². The number of ether oxygens (including phenoxy) is 1. The number of halogens is 2. The van der Waals surface area contributed by atoms with Crippen molar-refractivity contribution in [3.63, 3.8) is 0 Å². The summed E-state index contributed by atoms with van der Waals surface area (Å²) >= 11 is 0. The van der Waals surface area contributed by atoms with Crippen LogP contribution in [0, 0.1) is 0 Å². The first kappa shape index (κ1) is 15.7. The number of hydrogen-bond acceptors (Lipinski definition) is 3. The molecular weight excluding hydrogens is 278 g/mol. The minimum Gasteiger partial charge on any atom is -0.435 e. The zero-order chi connectivity index (χ0) is 15.6. The van der Waals surface area contributed by atoms with Crippen LogP contribution in [0.1, 0.15) is 38.9 Å². The molecule has 0 radical (unpaired) electrons. The standard InChI is InChI=1S/C15H20F2N2O2/c1-4-9(2)19-13(18-10(3)14(19)20)11-5-7-12(8-6-11)21-15(16)17/h5-10,13,15,18H,4H2,1-3H3. The van der Waals surface area contributed by atoms with E-state index in [2.05, 4.69) is 10.1 Å². The van der Waals surface area contributed by atoms with Gasteiger partial charge in [0.05, 0.1) is 6.04 Å². The van der Waals surface area contributed by atoms with Crippen molar-refractivity contribution in [3.8, 4) is 5.75 Å². The Kier molecular flexibility index (Phi) is 4.77. The van der Waals surface area contributed by atoms with Gasteiger partial charge in [0.2, 0.25) is 5.91 Å². The normalized spacial score (nSPS) is 23.7. The summed E-state index contributed by atoms with van der Waals surface area (Å²) in [6.07, 6.45) is 0.617. The summed E-state index contributed by atoms with van der Waals surface area (Å²) in [4.78, 5) is 14.1. The number of rotatable bonds is 5. The average molecular weight is 298 g/mol. The van der Waals surface area contributed by atoms with Crippen LogP contribution in [-0.4, -0.2) is 29.5 Å². The Hall–Kier alpha value is -1.69. The summed E-state index contributed by atoms with van der Waals surface area (Å²) in [7, 11) is 0. The molecule has 1 aromatic carbocycles. The number of alkyl halides is 2. The van der Waals surface area contributed by atoms with E-state index in [1.807, 2.05) is 25.7 Å². The molecule has 1 aliphatic heterocycles. The Bertz CT molecular complexity index is 493. The second-order valence-electron chi connectivity index (χ2n) is 5.24. The fourth-order valence-corrected chi connectivity index (χ4v) is 2.50. The van der Waals surface area contributed by atoms with Gasteiger partial charge in [0, 0.05) is 6.04 Å². The molecule has 1 aromatic rings. The summed E-state index contributed by atoms with van der Waals surface area (Å²) < 4.78 is 28.6. The maximum Gasteiger partial charge on any atom is 0.387 e. The Morgan fingerprint density at radius 2 is 1.95 bits per heavy atom. The number of carbonyl (C=O) groups excluding carboxylic acids is 1. The molecular formula is C15H20F2N2O2. The van der Waals surface area contributed by atoms with Gasteiger partial charge in [-0.25, -0.2) is 0 Å². The topological polar surface area (TPSA) is 41.6 Å². The SMILES string of the molecule is CCC(C)N1C(=O)C(C)NC1c1ccc(OC(F)F)cc1. The molecule has 1 aliphatic rings. The molecule has 0 saturated carbocycles. The van der Waals surface area contributed by atoms with Crippen molar-refractivity contribution in [1.82, 2.24) is 10.2 Å². The molecule has 3 unspecified atom stereocenters. The van der Waals surface area contributed by atoms with Crippen LogP contribution in [0.15, 0.2) is 24.3 Å².